The molecule has 0 radical (unpaired) electrons. The summed E-state index contributed by atoms with van der Waals surface area (Å²) in [6.07, 6.45) is 0. The third-order valence-corrected chi connectivity index (χ3v) is 6.95. The van der Waals surface area contributed by atoms with Gasteiger partial charge in [-0.25, -0.2) is 8.42 Å². The van der Waals surface area contributed by atoms with Gasteiger partial charge in [-0.3, -0.25) is 10.1 Å². The lowest BCUT2D eigenvalue weighted by Gasteiger charge is -2.33. The molecule has 0 atom stereocenters. The minimum atomic E-state index is -4.01. The van der Waals surface area contributed by atoms with Crippen molar-refractivity contribution < 1.29 is 18.1 Å². The molecule has 1 aliphatic heterocycles. The highest BCUT2D eigenvalue weighted by Crippen LogP contribution is 2.35. The zero-order valence-corrected chi connectivity index (χ0v) is 20.0. The Morgan fingerprint density at radius 3 is 2.20 bits per heavy atom. The van der Waals surface area contributed by atoms with Gasteiger partial charge < -0.3 is 9.64 Å². The lowest BCUT2D eigenvalue weighted by molar-refractivity contribution is -0.385. The molecule has 0 spiro atoms. The third-order valence-electron chi connectivity index (χ3n) is 4.60. The molecule has 164 valence electrons. The molecular weight excluding hydrogens is 521 g/mol. The van der Waals surface area contributed by atoms with Crippen molar-refractivity contribution in [2.24, 2.45) is 0 Å². The fraction of sp³-hybridized carbons (Fsp3) is 0.333. The average molecular weight is 541 g/mol. The van der Waals surface area contributed by atoms with Crippen LogP contribution in [0, 0.1) is 10.1 Å². The highest BCUT2D eigenvalue weighted by molar-refractivity contribution is 8.93. The van der Waals surface area contributed by atoms with E-state index in [1.165, 1.54) is 34.6 Å². The molecule has 1 fully saturated rings. The Morgan fingerprint density at radius 2 is 1.67 bits per heavy atom. The van der Waals surface area contributed by atoms with E-state index in [-0.39, 0.29) is 39.1 Å². The molecule has 0 unspecified atom stereocenters. The molecule has 1 aliphatic rings. The lowest BCUT2D eigenvalue weighted by Crippen LogP contribution is -2.48. The molecule has 0 bridgehead atoms. The van der Waals surface area contributed by atoms with E-state index in [4.69, 9.17) is 27.9 Å². The fourth-order valence-electron chi connectivity index (χ4n) is 3.04. The number of ether oxygens (including phenoxy) is 1. The molecule has 12 heteroatoms. The van der Waals surface area contributed by atoms with Gasteiger partial charge in [0.25, 0.3) is 5.69 Å². The van der Waals surface area contributed by atoms with E-state index in [2.05, 4.69) is 4.90 Å². The van der Waals surface area contributed by atoms with Crippen molar-refractivity contribution in [3.63, 3.8) is 0 Å². The lowest BCUT2D eigenvalue weighted by atomic mass is 10.3. The second-order valence-corrected chi connectivity index (χ2v) is 9.21. The predicted molar refractivity (Wildman–Crippen MR) is 121 cm³/mol. The van der Waals surface area contributed by atoms with Crippen LogP contribution >= 0.6 is 40.2 Å². The van der Waals surface area contributed by atoms with Crippen LogP contribution in [-0.4, -0.2) is 55.3 Å². The number of non-ortho nitro benzene ring substituents is 1. The summed E-state index contributed by atoms with van der Waals surface area (Å²) in [7, 11) is -4.01. The Kier molecular flexibility index (Phi) is 8.49. The summed E-state index contributed by atoms with van der Waals surface area (Å²) in [5.74, 6) is 0.190. The van der Waals surface area contributed by atoms with Crippen molar-refractivity contribution in [2.45, 2.75) is 11.8 Å². The summed E-state index contributed by atoms with van der Waals surface area (Å²) >= 11 is 12.0. The van der Waals surface area contributed by atoms with E-state index in [1.54, 1.807) is 0 Å². The number of benzene rings is 2. The second-order valence-electron chi connectivity index (χ2n) is 6.43. The molecule has 0 N–H and O–H groups in total. The van der Waals surface area contributed by atoms with Crippen LogP contribution < -0.4 is 4.74 Å². The van der Waals surface area contributed by atoms with Gasteiger partial charge in [0.15, 0.2) is 0 Å². The quantitative estimate of drug-likeness (QED) is 0.392. The first kappa shape index (κ1) is 24.8. The number of nitrogens with zero attached hydrogens (tertiary/aromatic N) is 3. The summed E-state index contributed by atoms with van der Waals surface area (Å²) in [4.78, 5) is 12.4. The molecule has 3 rings (SSSR count). The first-order chi connectivity index (χ1) is 13.7. The summed E-state index contributed by atoms with van der Waals surface area (Å²) in [6.45, 7) is 4.60. The number of nitro groups is 1. The van der Waals surface area contributed by atoms with Gasteiger partial charge in [0, 0.05) is 48.4 Å². The molecule has 2 aromatic rings. The van der Waals surface area contributed by atoms with Crippen molar-refractivity contribution in [2.75, 3.05) is 32.7 Å². The molecule has 0 aromatic heterocycles. The standard InChI is InChI=1S/C18H19Cl2N3O5S.BrH/c1-2-21-5-7-22(8-6-21)29(26,27)18-12-15(23(24)25)3-4-17(18)28-16-10-13(19)9-14(20)11-16;/h3-4,9-12H,2,5-8H2,1H3;1H. The van der Waals surface area contributed by atoms with E-state index < -0.39 is 14.9 Å². The first-order valence-electron chi connectivity index (χ1n) is 8.85. The molecule has 1 heterocycles. The number of hydrogen-bond acceptors (Lipinski definition) is 6. The van der Waals surface area contributed by atoms with Gasteiger partial charge in [-0.15, -0.1) is 17.0 Å². The van der Waals surface area contributed by atoms with Crippen LogP contribution in [0.5, 0.6) is 11.5 Å². The minimum Gasteiger partial charge on any atom is -0.456 e. The number of hydrogen-bond donors (Lipinski definition) is 0. The van der Waals surface area contributed by atoms with Crippen LogP contribution in [-0.2, 0) is 10.0 Å². The fourth-order valence-corrected chi connectivity index (χ4v) is 5.10. The molecule has 8 nitrogen and oxygen atoms in total. The number of piperazine rings is 1. The number of sulfonamides is 1. The highest BCUT2D eigenvalue weighted by atomic mass is 79.9. The maximum Gasteiger partial charge on any atom is 0.271 e. The number of halogens is 3. The summed E-state index contributed by atoms with van der Waals surface area (Å²) < 4.78 is 33.5. The summed E-state index contributed by atoms with van der Waals surface area (Å²) in [5.41, 5.74) is -0.341. The van der Waals surface area contributed by atoms with Gasteiger partial charge in [0.2, 0.25) is 10.0 Å². The number of likely N-dealkylation sites (N-methyl/N-ethyl adjacent to an activating group) is 1. The maximum absolute atomic E-state index is 13.3. The molecule has 2 aromatic carbocycles. The third kappa shape index (κ3) is 5.63. The van der Waals surface area contributed by atoms with Gasteiger partial charge in [0.1, 0.15) is 16.4 Å². The van der Waals surface area contributed by atoms with E-state index >= 15 is 0 Å². The predicted octanol–water partition coefficient (Wildman–Crippen LogP) is 4.60. The minimum absolute atomic E-state index is 0. The molecule has 0 amide bonds. The molecule has 0 aliphatic carbocycles. The Morgan fingerprint density at radius 1 is 1.07 bits per heavy atom. The molecule has 1 saturated heterocycles. The SMILES string of the molecule is Br.CCN1CCN(S(=O)(=O)c2cc([N+](=O)[O-])ccc2Oc2cc(Cl)cc(Cl)c2)CC1. The monoisotopic (exact) mass is 539 g/mol. The largest absolute Gasteiger partial charge is 0.456 e. The van der Waals surface area contributed by atoms with Crippen LogP contribution in [0.2, 0.25) is 10.0 Å². The van der Waals surface area contributed by atoms with Crippen LogP contribution in [0.15, 0.2) is 41.3 Å². The second kappa shape index (κ2) is 10.3. The van der Waals surface area contributed by atoms with Crippen molar-refractivity contribution in [1.82, 2.24) is 9.21 Å². The Bertz CT molecular complexity index is 1010. The zero-order valence-electron chi connectivity index (χ0n) is 16.0. The van der Waals surface area contributed by atoms with Gasteiger partial charge in [0.05, 0.1) is 4.92 Å². The first-order valence-corrected chi connectivity index (χ1v) is 11.0. The Balaban J connectivity index is 0.00000320. The van der Waals surface area contributed by atoms with Gasteiger partial charge in [-0.2, -0.15) is 4.31 Å². The van der Waals surface area contributed by atoms with Crippen molar-refractivity contribution in [1.29, 1.82) is 0 Å². The topological polar surface area (TPSA) is 93.0 Å². The van der Waals surface area contributed by atoms with Gasteiger partial charge in [-0.1, -0.05) is 30.1 Å². The zero-order chi connectivity index (χ0) is 21.2. The van der Waals surface area contributed by atoms with Crippen LogP contribution in [0.25, 0.3) is 0 Å². The van der Waals surface area contributed by atoms with E-state index in [9.17, 15) is 18.5 Å². The molecular formula is C18H20BrCl2N3O5S. The number of rotatable bonds is 6. The van der Waals surface area contributed by atoms with Gasteiger partial charge >= 0.3 is 0 Å². The van der Waals surface area contributed by atoms with E-state index in [0.29, 0.717) is 36.2 Å². The molecule has 30 heavy (non-hydrogen) atoms. The summed E-state index contributed by atoms with van der Waals surface area (Å²) in [6, 6.07) is 7.94. The smallest absolute Gasteiger partial charge is 0.271 e. The van der Waals surface area contributed by atoms with E-state index in [0.717, 1.165) is 12.6 Å². The summed E-state index contributed by atoms with van der Waals surface area (Å²) in [5, 5.41) is 11.8. The average Bonchev–Trinajstić information content (AvgIpc) is 2.67. The van der Waals surface area contributed by atoms with Gasteiger partial charge in [-0.05, 0) is 30.8 Å². The van der Waals surface area contributed by atoms with Crippen LogP contribution in [0.4, 0.5) is 5.69 Å². The Labute approximate surface area is 195 Å². The Hall–Kier alpha value is -1.43. The van der Waals surface area contributed by atoms with E-state index in [1.807, 2.05) is 6.92 Å². The van der Waals surface area contributed by atoms with Crippen LogP contribution in [0.1, 0.15) is 6.92 Å². The number of nitro benzene ring substituents is 1. The van der Waals surface area contributed by atoms with Crippen molar-refractivity contribution in [3.8, 4) is 11.5 Å². The maximum atomic E-state index is 13.3. The molecule has 0 saturated carbocycles. The van der Waals surface area contributed by atoms with Crippen molar-refractivity contribution >= 4 is 55.9 Å². The van der Waals surface area contributed by atoms with Crippen LogP contribution in [0.3, 0.4) is 0 Å². The van der Waals surface area contributed by atoms with Crippen molar-refractivity contribution in [3.05, 3.63) is 56.6 Å². The normalized spacial score (nSPS) is 15.4. The highest BCUT2D eigenvalue weighted by Gasteiger charge is 2.32.